The third kappa shape index (κ3) is 4.69. The Kier molecular flexibility index (Phi) is 5.80. The molecule has 0 bridgehead atoms. The van der Waals surface area contributed by atoms with Crippen LogP contribution < -0.4 is 10.2 Å². The van der Waals surface area contributed by atoms with E-state index in [4.69, 9.17) is 4.42 Å². The number of amides is 1. The summed E-state index contributed by atoms with van der Waals surface area (Å²) in [5, 5.41) is 2.74. The molecule has 1 amide bonds. The topological polar surface area (TPSA) is 80.8 Å². The van der Waals surface area contributed by atoms with Gasteiger partial charge in [0.2, 0.25) is 0 Å². The molecule has 0 radical (unpaired) electrons. The van der Waals surface area contributed by atoms with Gasteiger partial charge in [0.1, 0.15) is 11.5 Å². The fourth-order valence-electron chi connectivity index (χ4n) is 2.26. The normalized spacial score (nSPS) is 11.7. The zero-order valence-corrected chi connectivity index (χ0v) is 14.9. The van der Waals surface area contributed by atoms with Gasteiger partial charge in [-0.05, 0) is 30.7 Å². The molecule has 130 valence electrons. The summed E-state index contributed by atoms with van der Waals surface area (Å²) >= 11 is 0. The van der Waals surface area contributed by atoms with Crippen molar-refractivity contribution in [1.29, 1.82) is 0 Å². The van der Waals surface area contributed by atoms with E-state index in [1.807, 2.05) is 14.1 Å². The van der Waals surface area contributed by atoms with Crippen LogP contribution in [0.1, 0.15) is 21.9 Å². The van der Waals surface area contributed by atoms with Crippen LogP contribution in [0, 0.1) is 6.92 Å². The lowest BCUT2D eigenvalue weighted by Gasteiger charge is -2.07. The lowest BCUT2D eigenvalue weighted by molar-refractivity contribution is -0.856. The minimum Gasteiger partial charge on any atom is -0.455 e. The maximum atomic E-state index is 12.5. The zero-order chi connectivity index (χ0) is 17.7. The second kappa shape index (κ2) is 7.63. The van der Waals surface area contributed by atoms with Crippen molar-refractivity contribution in [2.75, 3.05) is 27.2 Å². The molecule has 7 heteroatoms. The van der Waals surface area contributed by atoms with Crippen LogP contribution in [0.2, 0.25) is 0 Å². The van der Waals surface area contributed by atoms with Gasteiger partial charge in [-0.2, -0.15) is 0 Å². The molecule has 0 spiro atoms. The maximum Gasteiger partial charge on any atom is 0.287 e. The van der Waals surface area contributed by atoms with Crippen LogP contribution in [-0.4, -0.2) is 41.5 Å². The highest BCUT2D eigenvalue weighted by atomic mass is 32.2. The molecule has 0 aliphatic carbocycles. The molecule has 6 nitrogen and oxygen atoms in total. The van der Waals surface area contributed by atoms with Gasteiger partial charge in [0.05, 0.1) is 32.1 Å². The molecular weight excluding hydrogens is 328 g/mol. The standard InChI is InChI=1S/C17H22N2O4S/c1-13-6-4-5-7-16(13)24(21,22)12-14-8-9-15(23-14)17(20)18-10-11-19(2)3/h4-9H,10-12H2,1-3H3,(H,18,20)/p+1. The Morgan fingerprint density at radius 3 is 2.54 bits per heavy atom. The van der Waals surface area contributed by atoms with Crippen molar-refractivity contribution in [3.05, 3.63) is 53.5 Å². The molecule has 2 rings (SSSR count). The molecule has 0 atom stereocenters. The van der Waals surface area contributed by atoms with E-state index in [1.54, 1.807) is 31.2 Å². The summed E-state index contributed by atoms with van der Waals surface area (Å²) in [4.78, 5) is 13.5. The number of sulfone groups is 1. The first-order chi connectivity index (χ1) is 11.3. The summed E-state index contributed by atoms with van der Waals surface area (Å²) in [6.45, 7) is 3.07. The Labute approximate surface area is 142 Å². The third-order valence-corrected chi connectivity index (χ3v) is 5.35. The van der Waals surface area contributed by atoms with Gasteiger partial charge in [-0.1, -0.05) is 18.2 Å². The minimum absolute atomic E-state index is 0.124. The molecule has 0 aliphatic rings. The fourth-order valence-corrected chi connectivity index (χ4v) is 3.79. The van der Waals surface area contributed by atoms with E-state index < -0.39 is 9.84 Å². The summed E-state index contributed by atoms with van der Waals surface area (Å²) in [6.07, 6.45) is 0. The number of furan rings is 1. The molecular formula is C17H23N2O4S+. The van der Waals surface area contributed by atoms with Gasteiger partial charge in [-0.15, -0.1) is 0 Å². The predicted molar refractivity (Wildman–Crippen MR) is 90.8 cm³/mol. The number of quaternary nitrogens is 1. The van der Waals surface area contributed by atoms with Crippen LogP contribution in [0.3, 0.4) is 0 Å². The number of aryl methyl sites for hydroxylation is 1. The second-order valence-electron chi connectivity index (χ2n) is 6.00. The number of carbonyl (C=O) groups excluding carboxylic acids is 1. The molecule has 0 aliphatic heterocycles. The number of hydrogen-bond donors (Lipinski definition) is 2. The van der Waals surface area contributed by atoms with Crippen molar-refractivity contribution < 1.29 is 22.5 Å². The van der Waals surface area contributed by atoms with Crippen molar-refractivity contribution >= 4 is 15.7 Å². The largest absolute Gasteiger partial charge is 0.455 e. The van der Waals surface area contributed by atoms with Crippen LogP contribution in [-0.2, 0) is 15.6 Å². The van der Waals surface area contributed by atoms with Gasteiger partial charge < -0.3 is 14.6 Å². The number of likely N-dealkylation sites (N-methyl/N-ethyl adjacent to an activating group) is 1. The van der Waals surface area contributed by atoms with E-state index in [0.717, 1.165) is 6.54 Å². The van der Waals surface area contributed by atoms with E-state index in [1.165, 1.54) is 17.0 Å². The Bertz CT molecular complexity index is 810. The van der Waals surface area contributed by atoms with Crippen molar-refractivity contribution in [3.63, 3.8) is 0 Å². The quantitative estimate of drug-likeness (QED) is 0.758. The first kappa shape index (κ1) is 18.2. The van der Waals surface area contributed by atoms with E-state index in [0.29, 0.717) is 12.1 Å². The molecule has 0 fully saturated rings. The molecule has 0 saturated carbocycles. The first-order valence-corrected chi connectivity index (χ1v) is 9.39. The molecule has 1 aromatic heterocycles. The Morgan fingerprint density at radius 1 is 1.17 bits per heavy atom. The van der Waals surface area contributed by atoms with Crippen LogP contribution in [0.5, 0.6) is 0 Å². The number of nitrogens with one attached hydrogen (secondary N) is 2. The van der Waals surface area contributed by atoms with Crippen LogP contribution in [0.25, 0.3) is 0 Å². The Hall–Kier alpha value is -2.12. The average Bonchev–Trinajstić information content (AvgIpc) is 2.94. The summed E-state index contributed by atoms with van der Waals surface area (Å²) in [7, 11) is 0.474. The highest BCUT2D eigenvalue weighted by Crippen LogP contribution is 2.21. The van der Waals surface area contributed by atoms with Gasteiger partial charge in [-0.25, -0.2) is 8.42 Å². The highest BCUT2D eigenvalue weighted by molar-refractivity contribution is 7.90. The first-order valence-electron chi connectivity index (χ1n) is 7.74. The zero-order valence-electron chi connectivity index (χ0n) is 14.1. The molecule has 24 heavy (non-hydrogen) atoms. The lowest BCUT2D eigenvalue weighted by atomic mass is 10.2. The van der Waals surface area contributed by atoms with Crippen molar-refractivity contribution in [3.8, 4) is 0 Å². The van der Waals surface area contributed by atoms with Gasteiger partial charge in [-0.3, -0.25) is 4.79 Å². The molecule has 0 saturated heterocycles. The number of carbonyl (C=O) groups is 1. The second-order valence-corrected chi connectivity index (χ2v) is 7.96. The lowest BCUT2D eigenvalue weighted by Crippen LogP contribution is -3.06. The van der Waals surface area contributed by atoms with Crippen molar-refractivity contribution in [2.45, 2.75) is 17.6 Å². The molecule has 2 N–H and O–H groups in total. The fraction of sp³-hybridized carbons (Fsp3) is 0.353. The molecule has 0 unspecified atom stereocenters. The van der Waals surface area contributed by atoms with E-state index in [-0.39, 0.29) is 28.1 Å². The average molecular weight is 351 g/mol. The molecule has 1 aromatic carbocycles. The van der Waals surface area contributed by atoms with Crippen molar-refractivity contribution in [2.24, 2.45) is 0 Å². The number of rotatable bonds is 7. The maximum absolute atomic E-state index is 12.5. The summed E-state index contributed by atoms with van der Waals surface area (Å²) < 4.78 is 30.4. The summed E-state index contributed by atoms with van der Waals surface area (Å²) in [5.74, 6) is -0.233. The SMILES string of the molecule is Cc1ccccc1S(=O)(=O)Cc1ccc(C(=O)NCC[NH+](C)C)o1. The summed E-state index contributed by atoms with van der Waals surface area (Å²) in [5.41, 5.74) is 0.688. The van der Waals surface area contributed by atoms with Crippen molar-refractivity contribution in [1.82, 2.24) is 5.32 Å². The predicted octanol–water partition coefficient (Wildman–Crippen LogP) is 0.436. The Morgan fingerprint density at radius 2 is 1.88 bits per heavy atom. The van der Waals surface area contributed by atoms with E-state index >= 15 is 0 Å². The highest BCUT2D eigenvalue weighted by Gasteiger charge is 2.20. The molecule has 1 heterocycles. The van der Waals surface area contributed by atoms with E-state index in [2.05, 4.69) is 5.32 Å². The van der Waals surface area contributed by atoms with Crippen LogP contribution in [0.15, 0.2) is 45.7 Å². The summed E-state index contributed by atoms with van der Waals surface area (Å²) in [6, 6.07) is 9.83. The smallest absolute Gasteiger partial charge is 0.287 e. The minimum atomic E-state index is -3.51. The van der Waals surface area contributed by atoms with Crippen LogP contribution >= 0.6 is 0 Å². The van der Waals surface area contributed by atoms with E-state index in [9.17, 15) is 13.2 Å². The number of hydrogen-bond acceptors (Lipinski definition) is 4. The molecule has 2 aromatic rings. The Balaban J connectivity index is 2.06. The third-order valence-electron chi connectivity index (χ3n) is 3.56. The van der Waals surface area contributed by atoms with Gasteiger partial charge in [0.15, 0.2) is 15.6 Å². The monoisotopic (exact) mass is 351 g/mol. The van der Waals surface area contributed by atoms with Gasteiger partial charge >= 0.3 is 0 Å². The van der Waals surface area contributed by atoms with Gasteiger partial charge in [0.25, 0.3) is 5.91 Å². The van der Waals surface area contributed by atoms with Crippen LogP contribution in [0.4, 0.5) is 0 Å². The van der Waals surface area contributed by atoms with Gasteiger partial charge in [0, 0.05) is 0 Å². The number of benzene rings is 1.